The number of H-pyrrole nitrogens is 1. The molecule has 5 rings (SSSR count). The van der Waals surface area contributed by atoms with Gasteiger partial charge >= 0.3 is 0 Å². The van der Waals surface area contributed by atoms with Crippen LogP contribution in [-0.2, 0) is 13.0 Å². The maximum Gasteiger partial charge on any atom is 0.241 e. The van der Waals surface area contributed by atoms with Crippen molar-refractivity contribution in [3.05, 3.63) is 53.1 Å². The summed E-state index contributed by atoms with van der Waals surface area (Å²) >= 11 is 6.03. The Kier molecular flexibility index (Phi) is 4.57. The average Bonchev–Trinajstić information content (AvgIpc) is 3.44. The molecule has 1 aliphatic rings. The van der Waals surface area contributed by atoms with E-state index in [9.17, 15) is 0 Å². The Labute approximate surface area is 171 Å². The highest BCUT2D eigenvalue weighted by molar-refractivity contribution is 6.31. The van der Waals surface area contributed by atoms with Crippen molar-refractivity contribution in [1.29, 1.82) is 0 Å². The fourth-order valence-electron chi connectivity index (χ4n) is 3.23. The fourth-order valence-corrected chi connectivity index (χ4v) is 3.40. The Morgan fingerprint density at radius 1 is 1.10 bits per heavy atom. The second-order valence-corrected chi connectivity index (χ2v) is 7.35. The van der Waals surface area contributed by atoms with E-state index in [-0.39, 0.29) is 6.79 Å². The topological polar surface area (TPSA) is 89.3 Å². The molecule has 0 unspecified atom stereocenters. The molecule has 0 aliphatic carbocycles. The van der Waals surface area contributed by atoms with Gasteiger partial charge in [-0.3, -0.25) is 4.90 Å². The van der Waals surface area contributed by atoms with Crippen molar-refractivity contribution in [3.8, 4) is 22.9 Å². The number of imidazole rings is 1. The van der Waals surface area contributed by atoms with Gasteiger partial charge in [0.25, 0.3) is 0 Å². The van der Waals surface area contributed by atoms with Crippen LogP contribution in [0, 0.1) is 0 Å². The van der Waals surface area contributed by atoms with Crippen LogP contribution < -0.4 is 9.47 Å². The number of ether oxygens (including phenoxy) is 2. The van der Waals surface area contributed by atoms with Gasteiger partial charge in [0.1, 0.15) is 5.82 Å². The molecule has 0 spiro atoms. The van der Waals surface area contributed by atoms with Crippen molar-refractivity contribution in [1.82, 2.24) is 25.0 Å². The Bertz CT molecular complexity index is 1170. The number of likely N-dealkylation sites (N-methyl/N-ethyl adjacent to an activating group) is 1. The molecule has 1 N–H and O–H groups in total. The second kappa shape index (κ2) is 7.38. The van der Waals surface area contributed by atoms with Gasteiger partial charge in [-0.2, -0.15) is 4.98 Å². The standard InChI is InChI=1S/C20H18ClN5O3/c1-26(7-6-18-22-14-4-3-13(21)9-15(14)23-18)10-19-24-20(25-29-19)12-2-5-16-17(8-12)28-11-27-16/h2-5,8-9H,6-7,10-11H2,1H3,(H,22,23). The average molecular weight is 412 g/mol. The number of aromatic amines is 1. The third-order valence-electron chi connectivity index (χ3n) is 4.73. The largest absolute Gasteiger partial charge is 0.454 e. The highest BCUT2D eigenvalue weighted by Crippen LogP contribution is 2.35. The van der Waals surface area contributed by atoms with Gasteiger partial charge in [0.15, 0.2) is 11.5 Å². The summed E-state index contributed by atoms with van der Waals surface area (Å²) in [5, 5.41) is 4.77. The summed E-state index contributed by atoms with van der Waals surface area (Å²) in [5.41, 5.74) is 2.69. The van der Waals surface area contributed by atoms with Crippen LogP contribution in [0.4, 0.5) is 0 Å². The maximum absolute atomic E-state index is 6.03. The minimum Gasteiger partial charge on any atom is -0.454 e. The van der Waals surface area contributed by atoms with Crippen molar-refractivity contribution in [3.63, 3.8) is 0 Å². The molecule has 0 fully saturated rings. The van der Waals surface area contributed by atoms with Crippen LogP contribution in [0.1, 0.15) is 11.7 Å². The molecule has 4 aromatic rings. The van der Waals surface area contributed by atoms with Crippen molar-refractivity contribution >= 4 is 22.6 Å². The molecule has 0 radical (unpaired) electrons. The van der Waals surface area contributed by atoms with E-state index < -0.39 is 0 Å². The third kappa shape index (κ3) is 3.76. The van der Waals surface area contributed by atoms with Crippen LogP contribution in [0.5, 0.6) is 11.5 Å². The minimum atomic E-state index is 0.235. The first-order chi connectivity index (χ1) is 14.1. The number of halogens is 1. The van der Waals surface area contributed by atoms with Gasteiger partial charge in [-0.1, -0.05) is 16.8 Å². The van der Waals surface area contributed by atoms with Crippen LogP contribution in [-0.4, -0.2) is 45.4 Å². The molecule has 0 saturated carbocycles. The molecule has 0 bridgehead atoms. The zero-order valence-corrected chi connectivity index (χ0v) is 16.4. The van der Waals surface area contributed by atoms with Crippen molar-refractivity contribution in [2.45, 2.75) is 13.0 Å². The quantitative estimate of drug-likeness (QED) is 0.517. The number of fused-ring (bicyclic) bond motifs is 2. The molecule has 9 heteroatoms. The molecular formula is C20H18ClN5O3. The molecule has 148 valence electrons. The fraction of sp³-hybridized carbons (Fsp3) is 0.250. The van der Waals surface area contributed by atoms with Crippen LogP contribution in [0.2, 0.25) is 5.02 Å². The number of rotatable bonds is 6. The van der Waals surface area contributed by atoms with Gasteiger partial charge in [0.2, 0.25) is 18.5 Å². The van der Waals surface area contributed by atoms with E-state index in [1.54, 1.807) is 0 Å². The van der Waals surface area contributed by atoms with Crippen LogP contribution in [0.15, 0.2) is 40.9 Å². The van der Waals surface area contributed by atoms with Crippen molar-refractivity contribution in [2.75, 3.05) is 20.4 Å². The lowest BCUT2D eigenvalue weighted by Crippen LogP contribution is -2.21. The third-order valence-corrected chi connectivity index (χ3v) is 4.96. The predicted molar refractivity (Wildman–Crippen MR) is 107 cm³/mol. The second-order valence-electron chi connectivity index (χ2n) is 6.91. The van der Waals surface area contributed by atoms with E-state index in [2.05, 4.69) is 25.0 Å². The molecule has 1 aliphatic heterocycles. The minimum absolute atomic E-state index is 0.235. The normalized spacial score (nSPS) is 12.9. The number of hydrogen-bond acceptors (Lipinski definition) is 7. The number of aromatic nitrogens is 4. The van der Waals surface area contributed by atoms with E-state index in [1.807, 2.05) is 43.4 Å². The first kappa shape index (κ1) is 18.0. The van der Waals surface area contributed by atoms with E-state index in [4.69, 9.17) is 25.6 Å². The van der Waals surface area contributed by atoms with Gasteiger partial charge in [-0.25, -0.2) is 4.98 Å². The first-order valence-electron chi connectivity index (χ1n) is 9.19. The monoisotopic (exact) mass is 411 g/mol. The summed E-state index contributed by atoms with van der Waals surface area (Å²) < 4.78 is 16.1. The van der Waals surface area contributed by atoms with Gasteiger partial charge in [-0.05, 0) is 43.4 Å². The molecule has 2 aromatic carbocycles. The number of nitrogens with one attached hydrogen (secondary N) is 1. The molecule has 0 atom stereocenters. The lowest BCUT2D eigenvalue weighted by molar-refractivity contribution is 0.174. The van der Waals surface area contributed by atoms with Crippen molar-refractivity contribution in [2.24, 2.45) is 0 Å². The highest BCUT2D eigenvalue weighted by atomic mass is 35.5. The van der Waals surface area contributed by atoms with Gasteiger partial charge < -0.3 is 19.0 Å². The summed E-state index contributed by atoms with van der Waals surface area (Å²) in [5.74, 6) is 3.42. The van der Waals surface area contributed by atoms with Gasteiger partial charge in [0, 0.05) is 23.6 Å². The van der Waals surface area contributed by atoms with Crippen LogP contribution in [0.25, 0.3) is 22.4 Å². The predicted octanol–water partition coefficient (Wildman–Crippen LogP) is 3.67. The van der Waals surface area contributed by atoms with E-state index in [0.29, 0.717) is 29.0 Å². The Morgan fingerprint density at radius 2 is 2.00 bits per heavy atom. The Hall–Kier alpha value is -3.10. The lowest BCUT2D eigenvalue weighted by Gasteiger charge is -2.12. The molecule has 3 heterocycles. The van der Waals surface area contributed by atoms with Crippen LogP contribution >= 0.6 is 11.6 Å². The van der Waals surface area contributed by atoms with Gasteiger partial charge in [-0.15, -0.1) is 0 Å². The molecule has 0 amide bonds. The summed E-state index contributed by atoms with van der Waals surface area (Å²) in [6.45, 7) is 1.57. The van der Waals surface area contributed by atoms with E-state index in [1.165, 1.54) is 0 Å². The van der Waals surface area contributed by atoms with Gasteiger partial charge in [0.05, 0.1) is 17.6 Å². The smallest absolute Gasteiger partial charge is 0.241 e. The first-order valence-corrected chi connectivity index (χ1v) is 9.57. The lowest BCUT2D eigenvalue weighted by atomic mass is 10.2. The Morgan fingerprint density at radius 3 is 2.93 bits per heavy atom. The Balaban J connectivity index is 1.21. The molecule has 0 saturated heterocycles. The zero-order valence-electron chi connectivity index (χ0n) is 15.7. The summed E-state index contributed by atoms with van der Waals surface area (Å²) in [4.78, 5) is 14.5. The SMILES string of the molecule is CN(CCc1nc2ccc(Cl)cc2[nH]1)Cc1nc(-c2ccc3c(c2)OCO3)no1. The molecule has 8 nitrogen and oxygen atoms in total. The van der Waals surface area contributed by atoms with Crippen molar-refractivity contribution < 1.29 is 14.0 Å². The molecular weight excluding hydrogens is 394 g/mol. The number of hydrogen-bond donors (Lipinski definition) is 1. The zero-order chi connectivity index (χ0) is 19.8. The summed E-state index contributed by atoms with van der Waals surface area (Å²) in [7, 11) is 2.00. The number of nitrogens with zero attached hydrogens (tertiary/aromatic N) is 4. The molecule has 29 heavy (non-hydrogen) atoms. The molecule has 2 aromatic heterocycles. The summed E-state index contributed by atoms with van der Waals surface area (Å²) in [6, 6.07) is 11.2. The van der Waals surface area contributed by atoms with E-state index >= 15 is 0 Å². The van der Waals surface area contributed by atoms with Crippen LogP contribution in [0.3, 0.4) is 0 Å². The summed E-state index contributed by atoms with van der Waals surface area (Å²) in [6.07, 6.45) is 0.770. The maximum atomic E-state index is 6.03. The number of benzene rings is 2. The van der Waals surface area contributed by atoms with E-state index in [0.717, 1.165) is 41.1 Å². The highest BCUT2D eigenvalue weighted by Gasteiger charge is 2.17.